The molecule has 2 heterocycles. The van der Waals surface area contributed by atoms with E-state index in [0.717, 1.165) is 22.8 Å². The van der Waals surface area contributed by atoms with Crippen molar-refractivity contribution in [2.75, 3.05) is 23.3 Å². The maximum absolute atomic E-state index is 4.50. The summed E-state index contributed by atoms with van der Waals surface area (Å²) in [4.78, 5) is 6.85. The monoisotopic (exact) mass is 254 g/mol. The van der Waals surface area contributed by atoms with E-state index >= 15 is 0 Å². The Hall–Kier alpha value is -0.570. The Kier molecular flexibility index (Phi) is 3.06. The molecule has 0 unspecified atom stereocenters. The molecule has 0 aliphatic carbocycles. The average molecular weight is 255 g/mol. The highest BCUT2D eigenvalue weighted by atomic mass is 79.9. The number of pyridine rings is 1. The Morgan fingerprint density at radius 2 is 2.29 bits per heavy atom. The Labute approximate surface area is 93.5 Å². The summed E-state index contributed by atoms with van der Waals surface area (Å²) in [6, 6.07) is 6.21. The lowest BCUT2D eigenvalue weighted by Crippen LogP contribution is -2.47. The van der Waals surface area contributed by atoms with Gasteiger partial charge in [-0.1, -0.05) is 22.0 Å². The van der Waals surface area contributed by atoms with Crippen molar-refractivity contribution in [3.63, 3.8) is 0 Å². The molecular formula is C11H15BrN2. The number of hydrogen-bond donors (Lipinski definition) is 0. The van der Waals surface area contributed by atoms with Crippen LogP contribution in [0.5, 0.6) is 0 Å². The molecule has 0 N–H and O–H groups in total. The van der Waals surface area contributed by atoms with Gasteiger partial charge in [-0.05, 0) is 31.4 Å². The molecular weight excluding hydrogens is 240 g/mol. The van der Waals surface area contributed by atoms with Gasteiger partial charge in [0.1, 0.15) is 5.82 Å². The van der Waals surface area contributed by atoms with Gasteiger partial charge < -0.3 is 4.90 Å². The fraction of sp³-hybridized carbons (Fsp3) is 0.545. The largest absolute Gasteiger partial charge is 0.356 e. The summed E-state index contributed by atoms with van der Waals surface area (Å²) in [7, 11) is 0. The van der Waals surface area contributed by atoms with E-state index in [0.29, 0.717) is 0 Å². The van der Waals surface area contributed by atoms with Gasteiger partial charge in [0.2, 0.25) is 0 Å². The fourth-order valence-corrected chi connectivity index (χ4v) is 2.45. The molecule has 0 bridgehead atoms. The van der Waals surface area contributed by atoms with Gasteiger partial charge in [0.25, 0.3) is 0 Å². The van der Waals surface area contributed by atoms with Crippen molar-refractivity contribution >= 4 is 21.7 Å². The first-order valence-electron chi connectivity index (χ1n) is 5.04. The summed E-state index contributed by atoms with van der Waals surface area (Å²) < 4.78 is 0. The predicted molar refractivity (Wildman–Crippen MR) is 63.1 cm³/mol. The summed E-state index contributed by atoms with van der Waals surface area (Å²) in [5, 5.41) is 1.12. The van der Waals surface area contributed by atoms with Crippen molar-refractivity contribution in [3.8, 4) is 0 Å². The smallest absolute Gasteiger partial charge is 0.128 e. The van der Waals surface area contributed by atoms with Gasteiger partial charge in [0, 0.05) is 24.1 Å². The van der Waals surface area contributed by atoms with Crippen LogP contribution in [0, 0.1) is 12.8 Å². The number of hydrogen-bond acceptors (Lipinski definition) is 2. The topological polar surface area (TPSA) is 16.1 Å². The molecule has 0 saturated carbocycles. The summed E-state index contributed by atoms with van der Waals surface area (Å²) in [6.45, 7) is 4.38. The molecule has 1 aliphatic heterocycles. The molecule has 0 amide bonds. The molecule has 2 nitrogen and oxygen atoms in total. The Morgan fingerprint density at radius 3 is 2.93 bits per heavy atom. The second-order valence-corrected chi connectivity index (χ2v) is 4.68. The number of aryl methyl sites for hydroxylation is 1. The van der Waals surface area contributed by atoms with E-state index < -0.39 is 0 Å². The zero-order chi connectivity index (χ0) is 9.97. The second kappa shape index (κ2) is 4.30. The van der Waals surface area contributed by atoms with Crippen LogP contribution in [0.1, 0.15) is 12.1 Å². The molecule has 14 heavy (non-hydrogen) atoms. The van der Waals surface area contributed by atoms with Crippen LogP contribution in [0.15, 0.2) is 18.2 Å². The van der Waals surface area contributed by atoms with Crippen molar-refractivity contribution in [3.05, 3.63) is 23.9 Å². The molecule has 76 valence electrons. The van der Waals surface area contributed by atoms with Crippen LogP contribution in [-0.4, -0.2) is 23.4 Å². The molecule has 1 aliphatic rings. The highest BCUT2D eigenvalue weighted by Gasteiger charge is 2.26. The van der Waals surface area contributed by atoms with E-state index in [-0.39, 0.29) is 0 Å². The first-order chi connectivity index (χ1) is 6.79. The van der Waals surface area contributed by atoms with E-state index in [1.165, 1.54) is 19.5 Å². The normalized spacial score (nSPS) is 16.9. The van der Waals surface area contributed by atoms with Gasteiger partial charge in [-0.25, -0.2) is 4.98 Å². The number of halogens is 1. The highest BCUT2D eigenvalue weighted by molar-refractivity contribution is 9.09. The standard InChI is InChI=1S/C11H15BrN2/c1-9-3-2-4-11(13-9)14-7-10(8-14)5-6-12/h2-4,10H,5-8H2,1H3. The van der Waals surface area contributed by atoms with Crippen LogP contribution < -0.4 is 4.90 Å². The molecule has 1 saturated heterocycles. The molecule has 1 aromatic rings. The van der Waals surface area contributed by atoms with Crippen molar-refractivity contribution in [2.24, 2.45) is 5.92 Å². The van der Waals surface area contributed by atoms with Crippen molar-refractivity contribution in [1.82, 2.24) is 4.98 Å². The predicted octanol–water partition coefficient (Wildman–Crippen LogP) is 2.61. The van der Waals surface area contributed by atoms with Gasteiger partial charge in [-0.2, -0.15) is 0 Å². The molecule has 2 rings (SSSR count). The van der Waals surface area contributed by atoms with Crippen molar-refractivity contribution < 1.29 is 0 Å². The lowest BCUT2D eigenvalue weighted by Gasteiger charge is -2.40. The third-order valence-electron chi connectivity index (χ3n) is 2.67. The Morgan fingerprint density at radius 1 is 1.50 bits per heavy atom. The van der Waals surface area contributed by atoms with E-state index in [9.17, 15) is 0 Å². The van der Waals surface area contributed by atoms with Crippen LogP contribution in [0.2, 0.25) is 0 Å². The van der Waals surface area contributed by atoms with Gasteiger partial charge in [-0.3, -0.25) is 0 Å². The lowest BCUT2D eigenvalue weighted by atomic mass is 9.97. The maximum Gasteiger partial charge on any atom is 0.128 e. The van der Waals surface area contributed by atoms with E-state index in [4.69, 9.17) is 0 Å². The summed E-state index contributed by atoms with van der Waals surface area (Å²) in [5.74, 6) is 1.99. The van der Waals surface area contributed by atoms with E-state index in [1.54, 1.807) is 0 Å². The average Bonchev–Trinajstić information content (AvgIpc) is 2.10. The van der Waals surface area contributed by atoms with E-state index in [2.05, 4.69) is 37.9 Å². The number of anilines is 1. The van der Waals surface area contributed by atoms with Gasteiger partial charge >= 0.3 is 0 Å². The molecule has 0 atom stereocenters. The quantitative estimate of drug-likeness (QED) is 0.772. The number of nitrogens with zero attached hydrogens (tertiary/aromatic N) is 2. The van der Waals surface area contributed by atoms with Crippen molar-refractivity contribution in [2.45, 2.75) is 13.3 Å². The first kappa shape index (κ1) is 9.97. The van der Waals surface area contributed by atoms with Crippen LogP contribution in [0.4, 0.5) is 5.82 Å². The third kappa shape index (κ3) is 2.08. The number of rotatable bonds is 3. The zero-order valence-corrected chi connectivity index (χ0v) is 10.00. The number of aromatic nitrogens is 1. The summed E-state index contributed by atoms with van der Waals surface area (Å²) in [5.41, 5.74) is 1.10. The molecule has 3 heteroatoms. The van der Waals surface area contributed by atoms with E-state index in [1.807, 2.05) is 13.0 Å². The van der Waals surface area contributed by atoms with Crippen LogP contribution in [0.25, 0.3) is 0 Å². The highest BCUT2D eigenvalue weighted by Crippen LogP contribution is 2.25. The first-order valence-corrected chi connectivity index (χ1v) is 6.16. The minimum Gasteiger partial charge on any atom is -0.356 e. The molecule has 0 spiro atoms. The van der Waals surface area contributed by atoms with Gasteiger partial charge in [0.15, 0.2) is 0 Å². The maximum atomic E-state index is 4.50. The zero-order valence-electron chi connectivity index (χ0n) is 8.41. The number of alkyl halides is 1. The van der Waals surface area contributed by atoms with Gasteiger partial charge in [0.05, 0.1) is 0 Å². The molecule has 0 aromatic carbocycles. The fourth-order valence-electron chi connectivity index (χ4n) is 1.80. The van der Waals surface area contributed by atoms with Crippen LogP contribution in [0.3, 0.4) is 0 Å². The minimum atomic E-state index is 0.858. The Balaban J connectivity index is 1.93. The molecule has 0 radical (unpaired) electrons. The lowest BCUT2D eigenvalue weighted by molar-refractivity contribution is 0.399. The molecule has 1 fully saturated rings. The van der Waals surface area contributed by atoms with Gasteiger partial charge in [-0.15, -0.1) is 0 Å². The second-order valence-electron chi connectivity index (χ2n) is 3.89. The summed E-state index contributed by atoms with van der Waals surface area (Å²) >= 11 is 3.48. The summed E-state index contributed by atoms with van der Waals surface area (Å²) in [6.07, 6.45) is 1.28. The molecule has 1 aromatic heterocycles. The minimum absolute atomic E-state index is 0.858. The third-order valence-corrected chi connectivity index (χ3v) is 3.13. The Bertz CT molecular complexity index is 308. The van der Waals surface area contributed by atoms with Crippen LogP contribution >= 0.6 is 15.9 Å². The van der Waals surface area contributed by atoms with Crippen molar-refractivity contribution in [1.29, 1.82) is 0 Å². The SMILES string of the molecule is Cc1cccc(N2CC(CCBr)C2)n1. The van der Waals surface area contributed by atoms with Crippen LogP contribution in [-0.2, 0) is 0 Å².